The van der Waals surface area contributed by atoms with Gasteiger partial charge in [0.1, 0.15) is 0 Å². The summed E-state index contributed by atoms with van der Waals surface area (Å²) in [5.74, 6) is -0.283. The van der Waals surface area contributed by atoms with E-state index in [4.69, 9.17) is 9.47 Å². The summed E-state index contributed by atoms with van der Waals surface area (Å²) < 4.78 is 10.2. The Hall–Kier alpha value is -0.613. The molecule has 0 aromatic rings. The molecule has 0 aliphatic carbocycles. The maximum atomic E-state index is 11.0. The predicted molar refractivity (Wildman–Crippen MR) is 65.0 cm³/mol. The van der Waals surface area contributed by atoms with Crippen molar-refractivity contribution >= 4 is 16.2 Å². The number of esters is 1. The van der Waals surface area contributed by atoms with Crippen molar-refractivity contribution in [3.63, 3.8) is 0 Å². The fraction of sp³-hybridized carbons (Fsp3) is 0.727. The lowest BCUT2D eigenvalue weighted by Crippen LogP contribution is -2.06. The first-order chi connectivity index (χ1) is 7.18. The van der Waals surface area contributed by atoms with Crippen LogP contribution < -0.4 is 0 Å². The van der Waals surface area contributed by atoms with Crippen molar-refractivity contribution in [2.75, 3.05) is 19.4 Å². The van der Waals surface area contributed by atoms with Crippen molar-refractivity contribution in [1.29, 1.82) is 0 Å². The van der Waals surface area contributed by atoms with Gasteiger partial charge in [0.25, 0.3) is 0 Å². The number of hydrogen-bond acceptors (Lipinski definition) is 3. The molecule has 4 heteroatoms. The third kappa shape index (κ3) is 9.69. The fourth-order valence-corrected chi connectivity index (χ4v) is 1.38. The lowest BCUT2D eigenvalue weighted by molar-refractivity contribution is -0.139. The summed E-state index contributed by atoms with van der Waals surface area (Å²) in [7, 11) is 1.12. The average molecular weight is 230 g/mol. The second-order valence-corrected chi connectivity index (χ2v) is 4.10. The molecule has 15 heavy (non-hydrogen) atoms. The van der Waals surface area contributed by atoms with Crippen LogP contribution >= 0.6 is 0 Å². The molecule has 3 nitrogen and oxygen atoms in total. The van der Waals surface area contributed by atoms with Crippen molar-refractivity contribution in [1.82, 2.24) is 0 Å². The van der Waals surface area contributed by atoms with Crippen LogP contribution in [0.3, 0.4) is 0 Å². The highest BCUT2D eigenvalue weighted by Crippen LogP contribution is 2.01. The third-order valence-electron chi connectivity index (χ3n) is 1.97. The topological polar surface area (TPSA) is 35.5 Å². The van der Waals surface area contributed by atoms with Gasteiger partial charge >= 0.3 is 5.97 Å². The van der Waals surface area contributed by atoms with E-state index in [0.29, 0.717) is 12.2 Å². The molecular formula is C11H22O3Si. The van der Waals surface area contributed by atoms with E-state index >= 15 is 0 Å². The first-order valence-corrected chi connectivity index (χ1v) is 7.00. The van der Waals surface area contributed by atoms with Gasteiger partial charge in [-0.2, -0.15) is 0 Å². The van der Waals surface area contributed by atoms with E-state index in [2.05, 4.69) is 6.58 Å². The lowest BCUT2D eigenvalue weighted by Gasteiger charge is -2.04. The maximum Gasteiger partial charge on any atom is 0.333 e. The number of unbranched alkanes of at least 4 members (excludes halogenated alkanes) is 3. The van der Waals surface area contributed by atoms with Gasteiger partial charge in [0.2, 0.25) is 0 Å². The molecule has 0 fully saturated rings. The van der Waals surface area contributed by atoms with Gasteiger partial charge in [-0.3, -0.25) is 0 Å². The zero-order valence-corrected chi connectivity index (χ0v) is 11.9. The van der Waals surface area contributed by atoms with Crippen molar-refractivity contribution in [3.8, 4) is 0 Å². The Kier molecular flexibility index (Phi) is 9.52. The van der Waals surface area contributed by atoms with E-state index in [-0.39, 0.29) is 5.97 Å². The third-order valence-corrected chi connectivity index (χ3v) is 2.38. The monoisotopic (exact) mass is 230 g/mol. The molecule has 0 saturated heterocycles. The van der Waals surface area contributed by atoms with Crippen LogP contribution in [0.4, 0.5) is 0 Å². The largest absolute Gasteiger partial charge is 0.462 e. The maximum absolute atomic E-state index is 11.0. The van der Waals surface area contributed by atoms with Gasteiger partial charge in [0, 0.05) is 28.7 Å². The Bertz CT molecular complexity index is 192. The second-order valence-electron chi connectivity index (χ2n) is 3.53. The minimum Gasteiger partial charge on any atom is -0.462 e. The molecule has 0 unspecified atom stereocenters. The average Bonchev–Trinajstić information content (AvgIpc) is 2.21. The molecule has 0 aromatic heterocycles. The van der Waals surface area contributed by atoms with E-state index < -0.39 is 0 Å². The molecule has 0 bridgehead atoms. The van der Waals surface area contributed by atoms with Gasteiger partial charge in [-0.25, -0.2) is 4.79 Å². The first-order valence-electron chi connectivity index (χ1n) is 5.58. The van der Waals surface area contributed by atoms with Crippen LogP contribution in [0, 0.1) is 0 Å². The Morgan fingerprint density at radius 1 is 1.20 bits per heavy atom. The van der Waals surface area contributed by atoms with Crippen LogP contribution in [0.25, 0.3) is 0 Å². The minimum atomic E-state index is -0.283. The number of hydrogen-bond donors (Lipinski definition) is 0. The van der Waals surface area contributed by atoms with Crippen LogP contribution in [-0.2, 0) is 14.3 Å². The van der Waals surface area contributed by atoms with Gasteiger partial charge in [-0.05, 0) is 26.2 Å². The van der Waals surface area contributed by atoms with Gasteiger partial charge in [-0.1, -0.05) is 13.0 Å². The van der Waals surface area contributed by atoms with E-state index in [1.165, 1.54) is 0 Å². The smallest absolute Gasteiger partial charge is 0.333 e. The number of rotatable bonds is 9. The molecular weight excluding hydrogens is 208 g/mol. The molecule has 0 aliphatic heterocycles. The first kappa shape index (κ1) is 14.4. The Balaban J connectivity index is 3.11. The van der Waals surface area contributed by atoms with Crippen molar-refractivity contribution < 1.29 is 14.3 Å². The summed E-state index contributed by atoms with van der Waals surface area (Å²) in [6, 6.07) is 0. The van der Waals surface area contributed by atoms with Crippen LogP contribution in [0.2, 0.25) is 0 Å². The van der Waals surface area contributed by atoms with Crippen molar-refractivity contribution in [2.45, 2.75) is 32.6 Å². The van der Waals surface area contributed by atoms with Crippen LogP contribution in [0.15, 0.2) is 12.2 Å². The molecule has 0 radical (unpaired) electrons. The predicted octanol–water partition coefficient (Wildman–Crippen LogP) is 1.01. The Labute approximate surface area is 95.3 Å². The summed E-state index contributed by atoms with van der Waals surface area (Å²) in [4.78, 5) is 11.0. The molecule has 0 aromatic carbocycles. The standard InChI is InChI=1S/C11H22O3Si/c1-10(2)11(12)14-8-6-4-3-5-7-13-9-15/h1,3-9H2,2,15H3. The van der Waals surface area contributed by atoms with E-state index in [9.17, 15) is 4.79 Å². The molecule has 88 valence electrons. The van der Waals surface area contributed by atoms with Crippen LogP contribution in [-0.4, -0.2) is 35.7 Å². The summed E-state index contributed by atoms with van der Waals surface area (Å²) in [6.45, 7) is 6.55. The number of carbonyl (C=O) groups excluding carboxylic acids is 1. The minimum absolute atomic E-state index is 0.283. The van der Waals surface area contributed by atoms with E-state index in [1.54, 1.807) is 6.92 Å². The molecule has 0 amide bonds. The lowest BCUT2D eigenvalue weighted by atomic mass is 10.2. The van der Waals surface area contributed by atoms with Gasteiger partial charge < -0.3 is 9.47 Å². The van der Waals surface area contributed by atoms with Crippen LogP contribution in [0.5, 0.6) is 0 Å². The zero-order chi connectivity index (χ0) is 11.5. The summed E-state index contributed by atoms with van der Waals surface area (Å²) in [5.41, 5.74) is 0.468. The fourth-order valence-electron chi connectivity index (χ4n) is 1.09. The molecule has 0 rings (SSSR count). The molecule has 0 spiro atoms. The SMILES string of the molecule is C=C(C)C(=O)OCCCCCCOC[SiH3]. The highest BCUT2D eigenvalue weighted by atomic mass is 28.1. The summed E-state index contributed by atoms with van der Waals surface area (Å²) in [6.07, 6.45) is 5.20. The summed E-state index contributed by atoms with van der Waals surface area (Å²) in [5, 5.41) is 0. The van der Waals surface area contributed by atoms with E-state index in [0.717, 1.165) is 48.8 Å². The highest BCUT2D eigenvalue weighted by Gasteiger charge is 2.01. The normalized spacial score (nSPS) is 10.2. The molecule has 0 saturated carbocycles. The number of carbonyl (C=O) groups is 1. The highest BCUT2D eigenvalue weighted by molar-refractivity contribution is 6.08. The molecule has 0 heterocycles. The van der Waals surface area contributed by atoms with Gasteiger partial charge in [0.15, 0.2) is 0 Å². The molecule has 0 aliphatic rings. The number of ether oxygens (including phenoxy) is 2. The van der Waals surface area contributed by atoms with Crippen molar-refractivity contribution in [2.24, 2.45) is 0 Å². The van der Waals surface area contributed by atoms with Crippen LogP contribution in [0.1, 0.15) is 32.6 Å². The Morgan fingerprint density at radius 3 is 2.33 bits per heavy atom. The Morgan fingerprint density at radius 2 is 1.80 bits per heavy atom. The molecule has 0 atom stereocenters. The summed E-state index contributed by atoms with van der Waals surface area (Å²) >= 11 is 0. The van der Waals surface area contributed by atoms with Gasteiger partial charge in [-0.15, -0.1) is 0 Å². The van der Waals surface area contributed by atoms with Crippen molar-refractivity contribution in [3.05, 3.63) is 12.2 Å². The quantitative estimate of drug-likeness (QED) is 0.257. The zero-order valence-electron chi connectivity index (χ0n) is 9.88. The van der Waals surface area contributed by atoms with E-state index in [1.807, 2.05) is 0 Å². The molecule has 0 N–H and O–H groups in total. The van der Waals surface area contributed by atoms with Gasteiger partial charge in [0.05, 0.1) is 6.61 Å². The second kappa shape index (κ2) is 9.92.